The molecule has 0 aliphatic rings. The van der Waals surface area contributed by atoms with Crippen LogP contribution in [0.2, 0.25) is 0 Å². The quantitative estimate of drug-likeness (QED) is 0.430. The molecule has 1 aromatic rings. The third kappa shape index (κ3) is 0.750. The second kappa shape index (κ2) is 1.90. The summed E-state index contributed by atoms with van der Waals surface area (Å²) in [5.74, 6) is 3.92. The van der Waals surface area contributed by atoms with Crippen molar-refractivity contribution < 1.29 is 9.90 Å². The van der Waals surface area contributed by atoms with Crippen molar-refractivity contribution in [1.82, 2.24) is 9.66 Å². The number of carboxylic acid groups (broad SMARTS) is 1. The summed E-state index contributed by atoms with van der Waals surface area (Å²) >= 11 is 0. The molecule has 0 aliphatic heterocycles. The summed E-state index contributed by atoms with van der Waals surface area (Å²) in [4.78, 5) is 13.7. The van der Waals surface area contributed by atoms with Crippen molar-refractivity contribution >= 4 is 11.8 Å². The summed E-state index contributed by atoms with van der Waals surface area (Å²) < 4.78 is 0.948. The zero-order valence-electron chi connectivity index (χ0n) is 4.98. The molecular formula is C4H6N4O2. The van der Waals surface area contributed by atoms with Crippen LogP contribution in [0.5, 0.6) is 0 Å². The van der Waals surface area contributed by atoms with Gasteiger partial charge in [-0.2, -0.15) is 0 Å². The lowest BCUT2D eigenvalue weighted by Gasteiger charge is -1.92. The zero-order chi connectivity index (χ0) is 7.72. The lowest BCUT2D eigenvalue weighted by molar-refractivity contribution is 0.0692. The van der Waals surface area contributed by atoms with Gasteiger partial charge in [-0.15, -0.1) is 0 Å². The fraction of sp³-hybridized carbons (Fsp3) is 0. The first-order chi connectivity index (χ1) is 4.63. The molecule has 1 aromatic heterocycles. The first kappa shape index (κ1) is 6.40. The summed E-state index contributed by atoms with van der Waals surface area (Å²) in [7, 11) is 0. The Morgan fingerprint density at radius 2 is 2.40 bits per heavy atom. The largest absolute Gasteiger partial charge is 0.476 e. The molecule has 1 rings (SSSR count). The minimum atomic E-state index is -1.18. The van der Waals surface area contributed by atoms with Gasteiger partial charge in [-0.1, -0.05) is 0 Å². The van der Waals surface area contributed by atoms with E-state index in [4.69, 9.17) is 16.7 Å². The predicted octanol–water partition coefficient (Wildman–Crippen LogP) is -1.12. The molecule has 6 heteroatoms. The Labute approximate surface area is 56.0 Å². The van der Waals surface area contributed by atoms with Gasteiger partial charge in [-0.3, -0.25) is 0 Å². The van der Waals surface area contributed by atoms with Crippen LogP contribution in [0.1, 0.15) is 10.5 Å². The van der Waals surface area contributed by atoms with Crippen LogP contribution in [0, 0.1) is 0 Å². The Morgan fingerprint density at radius 1 is 1.80 bits per heavy atom. The van der Waals surface area contributed by atoms with E-state index in [0.717, 1.165) is 11.0 Å². The summed E-state index contributed by atoms with van der Waals surface area (Å²) in [5, 5.41) is 8.37. The second-order valence-corrected chi connectivity index (χ2v) is 1.69. The maximum Gasteiger partial charge on any atom is 0.358 e. The third-order valence-electron chi connectivity index (χ3n) is 1.03. The zero-order valence-corrected chi connectivity index (χ0v) is 4.98. The van der Waals surface area contributed by atoms with Crippen LogP contribution >= 0.6 is 0 Å². The molecule has 54 valence electrons. The first-order valence-corrected chi connectivity index (χ1v) is 2.44. The smallest absolute Gasteiger partial charge is 0.358 e. The SMILES string of the molecule is Nc1c(C(=O)O)ncn1N. The fourth-order valence-corrected chi connectivity index (χ4v) is 0.535. The lowest BCUT2D eigenvalue weighted by atomic mass is 10.4. The molecule has 0 radical (unpaired) electrons. The van der Waals surface area contributed by atoms with Gasteiger partial charge in [0.25, 0.3) is 0 Å². The van der Waals surface area contributed by atoms with Crippen molar-refractivity contribution in [2.45, 2.75) is 0 Å². The van der Waals surface area contributed by atoms with Gasteiger partial charge in [-0.25, -0.2) is 14.5 Å². The van der Waals surface area contributed by atoms with Gasteiger partial charge in [0.15, 0.2) is 11.5 Å². The first-order valence-electron chi connectivity index (χ1n) is 2.44. The molecule has 0 spiro atoms. The minimum Gasteiger partial charge on any atom is -0.476 e. The van der Waals surface area contributed by atoms with Crippen LogP contribution in [-0.4, -0.2) is 20.7 Å². The van der Waals surface area contributed by atoms with Crippen molar-refractivity contribution in [1.29, 1.82) is 0 Å². The van der Waals surface area contributed by atoms with Crippen LogP contribution in [-0.2, 0) is 0 Å². The summed E-state index contributed by atoms with van der Waals surface area (Å²) in [6.07, 6.45) is 1.14. The normalized spacial score (nSPS) is 9.60. The van der Waals surface area contributed by atoms with E-state index in [2.05, 4.69) is 4.98 Å². The van der Waals surface area contributed by atoms with E-state index in [1.54, 1.807) is 0 Å². The highest BCUT2D eigenvalue weighted by atomic mass is 16.4. The molecule has 0 fully saturated rings. The predicted molar refractivity (Wildman–Crippen MR) is 33.7 cm³/mol. The second-order valence-electron chi connectivity index (χ2n) is 1.69. The number of aromatic nitrogens is 2. The van der Waals surface area contributed by atoms with E-state index in [1.807, 2.05) is 0 Å². The Balaban J connectivity index is 3.17. The maximum absolute atomic E-state index is 10.2. The van der Waals surface area contributed by atoms with Gasteiger partial charge in [0.1, 0.15) is 6.33 Å². The number of hydrogen-bond acceptors (Lipinski definition) is 4. The van der Waals surface area contributed by atoms with Crippen LogP contribution in [0.15, 0.2) is 6.33 Å². The number of carboxylic acids is 1. The van der Waals surface area contributed by atoms with E-state index < -0.39 is 5.97 Å². The molecule has 0 saturated carbocycles. The summed E-state index contributed by atoms with van der Waals surface area (Å²) in [6.45, 7) is 0. The number of rotatable bonds is 1. The van der Waals surface area contributed by atoms with E-state index in [1.165, 1.54) is 0 Å². The molecule has 5 N–H and O–H groups in total. The van der Waals surface area contributed by atoms with Crippen molar-refractivity contribution in [2.75, 3.05) is 11.6 Å². The Kier molecular flexibility index (Phi) is 1.22. The number of nitrogens with zero attached hydrogens (tertiary/aromatic N) is 2. The van der Waals surface area contributed by atoms with E-state index in [9.17, 15) is 4.79 Å². The lowest BCUT2D eigenvalue weighted by Crippen LogP contribution is -2.12. The molecule has 0 saturated heterocycles. The maximum atomic E-state index is 10.2. The molecule has 0 aliphatic carbocycles. The number of carbonyl (C=O) groups is 1. The Morgan fingerprint density at radius 3 is 2.60 bits per heavy atom. The van der Waals surface area contributed by atoms with Crippen LogP contribution in [0.3, 0.4) is 0 Å². The molecule has 0 unspecified atom stereocenters. The van der Waals surface area contributed by atoms with Crippen molar-refractivity contribution in [3.05, 3.63) is 12.0 Å². The van der Waals surface area contributed by atoms with E-state index >= 15 is 0 Å². The fourth-order valence-electron chi connectivity index (χ4n) is 0.535. The standard InChI is InChI=1S/C4H6N4O2/c5-3-2(4(9)10)7-1-8(3)6/h1H,5-6H2,(H,9,10). The molecule has 0 aromatic carbocycles. The van der Waals surface area contributed by atoms with Crippen molar-refractivity contribution in [2.24, 2.45) is 0 Å². The molecular weight excluding hydrogens is 136 g/mol. The molecule has 0 amide bonds. The molecule has 0 bridgehead atoms. The van der Waals surface area contributed by atoms with E-state index in [-0.39, 0.29) is 11.5 Å². The van der Waals surface area contributed by atoms with Gasteiger partial charge in [-0.05, 0) is 0 Å². The molecule has 10 heavy (non-hydrogen) atoms. The number of anilines is 1. The highest BCUT2D eigenvalue weighted by molar-refractivity contribution is 5.90. The van der Waals surface area contributed by atoms with Crippen LogP contribution in [0.25, 0.3) is 0 Å². The number of imidazole rings is 1. The van der Waals surface area contributed by atoms with E-state index in [0.29, 0.717) is 0 Å². The highest BCUT2D eigenvalue weighted by Gasteiger charge is 2.11. The highest BCUT2D eigenvalue weighted by Crippen LogP contribution is 2.04. The minimum absolute atomic E-state index is 0.0486. The third-order valence-corrected chi connectivity index (χ3v) is 1.03. The summed E-state index contributed by atoms with van der Waals surface area (Å²) in [5.41, 5.74) is 4.98. The average molecular weight is 142 g/mol. The monoisotopic (exact) mass is 142 g/mol. The molecule has 0 atom stereocenters. The van der Waals surface area contributed by atoms with Gasteiger partial charge < -0.3 is 16.7 Å². The number of hydrogen-bond donors (Lipinski definition) is 3. The van der Waals surface area contributed by atoms with Gasteiger partial charge in [0.2, 0.25) is 0 Å². The average Bonchev–Trinajstić information content (AvgIpc) is 2.14. The van der Waals surface area contributed by atoms with Crippen LogP contribution < -0.4 is 11.6 Å². The number of nitrogens with two attached hydrogens (primary N) is 2. The molecule has 6 nitrogen and oxygen atoms in total. The van der Waals surface area contributed by atoms with Gasteiger partial charge >= 0.3 is 5.97 Å². The number of aromatic carboxylic acids is 1. The van der Waals surface area contributed by atoms with Crippen molar-refractivity contribution in [3.8, 4) is 0 Å². The van der Waals surface area contributed by atoms with Crippen molar-refractivity contribution in [3.63, 3.8) is 0 Å². The topological polar surface area (TPSA) is 107 Å². The Hall–Kier alpha value is -1.72. The van der Waals surface area contributed by atoms with Crippen LogP contribution in [0.4, 0.5) is 5.82 Å². The van der Waals surface area contributed by atoms with Gasteiger partial charge in [0, 0.05) is 0 Å². The Bertz CT molecular complexity index is 266. The molecule has 1 heterocycles. The number of nitrogen functional groups attached to an aromatic ring is 2. The summed E-state index contributed by atoms with van der Waals surface area (Å²) in [6, 6.07) is 0. The van der Waals surface area contributed by atoms with Gasteiger partial charge in [0.05, 0.1) is 0 Å².